The molecule has 6 nitrogen and oxygen atoms in total. The summed E-state index contributed by atoms with van der Waals surface area (Å²) in [4.78, 5) is 20.5. The van der Waals surface area contributed by atoms with E-state index in [0.717, 1.165) is 25.7 Å². The highest BCUT2D eigenvalue weighted by Crippen LogP contribution is 2.11. The summed E-state index contributed by atoms with van der Waals surface area (Å²) in [5.41, 5.74) is 0. The van der Waals surface area contributed by atoms with Gasteiger partial charge in [-0.15, -0.1) is 0 Å². The molecule has 0 spiro atoms. The van der Waals surface area contributed by atoms with E-state index in [1.54, 1.807) is 0 Å². The van der Waals surface area contributed by atoms with E-state index in [9.17, 15) is 14.7 Å². The molecular formula is C24H48O6. The lowest BCUT2D eigenvalue weighted by molar-refractivity contribution is -0.147. The summed E-state index contributed by atoms with van der Waals surface area (Å²) >= 11 is 0. The topological polar surface area (TPSA) is 115 Å². The van der Waals surface area contributed by atoms with Crippen LogP contribution in [0.5, 0.6) is 0 Å². The van der Waals surface area contributed by atoms with E-state index in [1.807, 2.05) is 0 Å². The van der Waals surface area contributed by atoms with Gasteiger partial charge in [-0.1, -0.05) is 110 Å². The Balaban J connectivity index is 0. The number of carboxylic acids is 2. The van der Waals surface area contributed by atoms with Crippen molar-refractivity contribution < 1.29 is 30.0 Å². The normalized spacial score (nSPS) is 12.7. The first-order valence-electron chi connectivity index (χ1n) is 12.2. The molecule has 2 atom stereocenters. The number of hydrogen-bond acceptors (Lipinski definition) is 4. The molecule has 180 valence electrons. The van der Waals surface area contributed by atoms with Crippen LogP contribution in [-0.4, -0.2) is 44.6 Å². The van der Waals surface area contributed by atoms with Crippen LogP contribution in [0.3, 0.4) is 0 Å². The number of carbonyl (C=O) groups is 2. The lowest BCUT2D eigenvalue weighted by Gasteiger charge is -2.06. The van der Waals surface area contributed by atoms with Crippen molar-refractivity contribution in [2.24, 2.45) is 0 Å². The number of carboxylic acid groups (broad SMARTS) is 2. The first kappa shape index (κ1) is 31.0. The molecule has 4 N–H and O–H groups in total. The standard InChI is InChI=1S/C13H26O3.C11H22O3/c1-2-3-4-5-6-7-8-9-10-11-12(14)13(15)16;1-2-3-4-5-6-7-8-10(12)9-11(13)14/h12,14H,2-11H2,1H3,(H,15,16);10,12H,2-9H2,1H3,(H,13,14). The summed E-state index contributed by atoms with van der Waals surface area (Å²) in [5, 5.41) is 35.1. The zero-order chi connectivity index (χ0) is 23.0. The van der Waals surface area contributed by atoms with Crippen molar-refractivity contribution in [2.75, 3.05) is 0 Å². The van der Waals surface area contributed by atoms with E-state index in [2.05, 4.69) is 13.8 Å². The van der Waals surface area contributed by atoms with Crippen molar-refractivity contribution >= 4 is 11.9 Å². The molecule has 0 aromatic heterocycles. The molecule has 0 amide bonds. The zero-order valence-corrected chi connectivity index (χ0v) is 19.5. The van der Waals surface area contributed by atoms with Gasteiger partial charge in [0.25, 0.3) is 0 Å². The van der Waals surface area contributed by atoms with Gasteiger partial charge in [0.15, 0.2) is 6.10 Å². The Hall–Kier alpha value is -1.14. The van der Waals surface area contributed by atoms with Crippen LogP contribution in [0.1, 0.15) is 129 Å². The molecular weight excluding hydrogens is 384 g/mol. The van der Waals surface area contributed by atoms with Crippen LogP contribution < -0.4 is 0 Å². The average Bonchev–Trinajstić information content (AvgIpc) is 2.69. The van der Waals surface area contributed by atoms with Gasteiger partial charge in [-0.25, -0.2) is 4.79 Å². The van der Waals surface area contributed by atoms with Crippen molar-refractivity contribution in [2.45, 2.75) is 142 Å². The first-order valence-corrected chi connectivity index (χ1v) is 12.2. The predicted octanol–water partition coefficient (Wildman–Crippen LogP) is 5.93. The molecule has 0 aliphatic rings. The van der Waals surface area contributed by atoms with Crippen LogP contribution in [0.15, 0.2) is 0 Å². The van der Waals surface area contributed by atoms with Crippen LogP contribution in [-0.2, 0) is 9.59 Å². The van der Waals surface area contributed by atoms with Crippen LogP contribution in [0.2, 0.25) is 0 Å². The molecule has 6 heteroatoms. The molecule has 0 aromatic carbocycles. The second kappa shape index (κ2) is 24.1. The highest BCUT2D eigenvalue weighted by molar-refractivity contribution is 5.71. The number of hydrogen-bond donors (Lipinski definition) is 4. The molecule has 0 aliphatic heterocycles. The van der Waals surface area contributed by atoms with E-state index < -0.39 is 24.1 Å². The summed E-state index contributed by atoms with van der Waals surface area (Å²) in [5.74, 6) is -2.01. The molecule has 0 aliphatic carbocycles. The monoisotopic (exact) mass is 432 g/mol. The Morgan fingerprint density at radius 3 is 1.33 bits per heavy atom. The Bertz CT molecular complexity index is 386. The molecule has 0 saturated carbocycles. The molecule has 30 heavy (non-hydrogen) atoms. The van der Waals surface area contributed by atoms with E-state index in [4.69, 9.17) is 15.3 Å². The van der Waals surface area contributed by atoms with Crippen LogP contribution >= 0.6 is 0 Å². The Morgan fingerprint density at radius 2 is 0.967 bits per heavy atom. The van der Waals surface area contributed by atoms with E-state index in [0.29, 0.717) is 12.8 Å². The lowest BCUT2D eigenvalue weighted by atomic mass is 10.1. The minimum absolute atomic E-state index is 0.116. The number of aliphatic carboxylic acids is 2. The smallest absolute Gasteiger partial charge is 0.332 e. The van der Waals surface area contributed by atoms with Crippen molar-refractivity contribution in [3.05, 3.63) is 0 Å². The minimum atomic E-state index is -1.16. The third-order valence-corrected chi connectivity index (χ3v) is 5.17. The maximum atomic E-state index is 10.3. The largest absolute Gasteiger partial charge is 0.481 e. The summed E-state index contributed by atoms with van der Waals surface area (Å²) < 4.78 is 0. The van der Waals surface area contributed by atoms with Gasteiger partial charge in [0, 0.05) is 0 Å². The maximum Gasteiger partial charge on any atom is 0.332 e. The number of aliphatic hydroxyl groups is 2. The second-order valence-electron chi connectivity index (χ2n) is 8.28. The van der Waals surface area contributed by atoms with E-state index in [1.165, 1.54) is 70.6 Å². The van der Waals surface area contributed by atoms with Gasteiger partial charge in [0.2, 0.25) is 0 Å². The fraction of sp³-hybridized carbons (Fsp3) is 0.917. The van der Waals surface area contributed by atoms with Crippen LogP contribution in [0, 0.1) is 0 Å². The fourth-order valence-electron chi connectivity index (χ4n) is 3.24. The molecule has 0 saturated heterocycles. The van der Waals surface area contributed by atoms with E-state index in [-0.39, 0.29) is 6.42 Å². The number of unbranched alkanes of at least 4 members (excludes halogenated alkanes) is 13. The van der Waals surface area contributed by atoms with Crippen molar-refractivity contribution in [3.8, 4) is 0 Å². The Kier molecular flexibility index (Phi) is 25.0. The third-order valence-electron chi connectivity index (χ3n) is 5.17. The number of rotatable bonds is 20. The molecule has 0 bridgehead atoms. The quantitative estimate of drug-likeness (QED) is 0.177. The maximum absolute atomic E-state index is 10.3. The predicted molar refractivity (Wildman–Crippen MR) is 122 cm³/mol. The highest BCUT2D eigenvalue weighted by atomic mass is 16.4. The molecule has 0 aromatic rings. The molecule has 0 radical (unpaired) electrons. The average molecular weight is 433 g/mol. The van der Waals surface area contributed by atoms with E-state index >= 15 is 0 Å². The highest BCUT2D eigenvalue weighted by Gasteiger charge is 2.11. The Labute approximate surface area is 184 Å². The van der Waals surface area contributed by atoms with Gasteiger partial charge < -0.3 is 20.4 Å². The van der Waals surface area contributed by atoms with Gasteiger partial charge in [-0.05, 0) is 12.8 Å². The third kappa shape index (κ3) is 26.9. The van der Waals surface area contributed by atoms with Gasteiger partial charge in [-0.3, -0.25) is 4.79 Å². The molecule has 2 unspecified atom stereocenters. The molecule has 0 heterocycles. The summed E-state index contributed by atoms with van der Waals surface area (Å²) in [6.45, 7) is 4.39. The summed E-state index contributed by atoms with van der Waals surface area (Å²) in [6, 6.07) is 0. The minimum Gasteiger partial charge on any atom is -0.481 e. The number of aliphatic hydroxyl groups excluding tert-OH is 2. The van der Waals surface area contributed by atoms with Gasteiger partial charge >= 0.3 is 11.9 Å². The second-order valence-corrected chi connectivity index (χ2v) is 8.28. The van der Waals surface area contributed by atoms with Gasteiger partial charge in [0.05, 0.1) is 12.5 Å². The molecule has 0 fully saturated rings. The van der Waals surface area contributed by atoms with Crippen LogP contribution in [0.4, 0.5) is 0 Å². The van der Waals surface area contributed by atoms with Crippen molar-refractivity contribution in [1.82, 2.24) is 0 Å². The van der Waals surface area contributed by atoms with Gasteiger partial charge in [0.1, 0.15) is 0 Å². The first-order chi connectivity index (χ1) is 14.3. The summed E-state index contributed by atoms with van der Waals surface area (Å²) in [6.07, 6.45) is 17.0. The summed E-state index contributed by atoms with van der Waals surface area (Å²) in [7, 11) is 0. The van der Waals surface area contributed by atoms with Gasteiger partial charge in [-0.2, -0.15) is 0 Å². The van der Waals surface area contributed by atoms with Crippen LogP contribution in [0.25, 0.3) is 0 Å². The zero-order valence-electron chi connectivity index (χ0n) is 19.5. The molecule has 0 rings (SSSR count). The van der Waals surface area contributed by atoms with Crippen molar-refractivity contribution in [1.29, 1.82) is 0 Å². The Morgan fingerprint density at radius 1 is 0.600 bits per heavy atom. The SMILES string of the molecule is CCCCCCCCC(O)CC(=O)O.CCCCCCCCCCCC(O)C(=O)O. The lowest BCUT2D eigenvalue weighted by Crippen LogP contribution is -2.18. The van der Waals surface area contributed by atoms with Crippen molar-refractivity contribution in [3.63, 3.8) is 0 Å². The fourth-order valence-corrected chi connectivity index (χ4v) is 3.24.